The number of para-hydroxylation sites is 2. The molecule has 1 amide bonds. The quantitative estimate of drug-likeness (QED) is 0.466. The van der Waals surface area contributed by atoms with Crippen LogP contribution in [0.25, 0.3) is 0 Å². The highest BCUT2D eigenvalue weighted by Crippen LogP contribution is 2.26. The lowest BCUT2D eigenvalue weighted by atomic mass is 9.93. The second kappa shape index (κ2) is 11.5. The van der Waals surface area contributed by atoms with Crippen LogP contribution in [0.1, 0.15) is 19.3 Å². The average molecular weight is 493 g/mol. The number of hydrogen-bond donors (Lipinski definition) is 2. The van der Waals surface area contributed by atoms with Crippen molar-refractivity contribution in [3.8, 4) is 0 Å². The van der Waals surface area contributed by atoms with E-state index in [-0.39, 0.29) is 10.8 Å². The number of piperidine rings is 1. The first kappa shape index (κ1) is 24.9. The minimum atomic E-state index is -3.74. The summed E-state index contributed by atoms with van der Waals surface area (Å²) in [6.45, 7) is 3.80. The Morgan fingerprint density at radius 2 is 1.43 bits per heavy atom. The van der Waals surface area contributed by atoms with Gasteiger partial charge in [0.15, 0.2) is 0 Å². The molecule has 0 atom stereocenters. The SMILES string of the molecule is NS(=O)(=O)c1ccc(NC(=O)CC2CCN(CCN(c3ccccc3)c3ccccc3)CC2)cc1. The van der Waals surface area contributed by atoms with Gasteiger partial charge in [-0.15, -0.1) is 0 Å². The van der Waals surface area contributed by atoms with Crippen molar-refractivity contribution in [3.63, 3.8) is 0 Å². The van der Waals surface area contributed by atoms with Gasteiger partial charge in [0.1, 0.15) is 0 Å². The standard InChI is InChI=1S/C27H32N4O3S/c28-35(33,34)26-13-11-23(12-14-26)29-27(32)21-22-15-17-30(18-16-22)19-20-31(24-7-3-1-4-8-24)25-9-5-2-6-10-25/h1-14,22H,15-21H2,(H,29,32)(H2,28,33,34). The molecule has 3 aromatic carbocycles. The number of likely N-dealkylation sites (tertiary alicyclic amines) is 1. The summed E-state index contributed by atoms with van der Waals surface area (Å²) in [5, 5.41) is 7.98. The third kappa shape index (κ3) is 7.14. The minimum absolute atomic E-state index is 0.0287. The topological polar surface area (TPSA) is 95.7 Å². The minimum Gasteiger partial charge on any atom is -0.340 e. The van der Waals surface area contributed by atoms with Gasteiger partial charge in [-0.05, 0) is 80.4 Å². The van der Waals surface area contributed by atoms with E-state index in [0.717, 1.165) is 39.0 Å². The third-order valence-corrected chi connectivity index (χ3v) is 7.35. The Bertz CT molecular complexity index is 1150. The average Bonchev–Trinajstić information content (AvgIpc) is 2.86. The fourth-order valence-corrected chi connectivity index (χ4v) is 5.00. The molecule has 1 heterocycles. The molecule has 4 rings (SSSR count). The van der Waals surface area contributed by atoms with Gasteiger partial charge in [-0.2, -0.15) is 0 Å². The second-order valence-corrected chi connectivity index (χ2v) is 10.5. The van der Waals surface area contributed by atoms with Gasteiger partial charge in [0.05, 0.1) is 4.90 Å². The van der Waals surface area contributed by atoms with Crippen LogP contribution in [0.5, 0.6) is 0 Å². The Hall–Kier alpha value is -3.20. The largest absolute Gasteiger partial charge is 0.340 e. The zero-order chi connectivity index (χ0) is 24.7. The lowest BCUT2D eigenvalue weighted by molar-refractivity contribution is -0.117. The molecule has 1 saturated heterocycles. The van der Waals surface area contributed by atoms with E-state index >= 15 is 0 Å². The molecule has 0 bridgehead atoms. The summed E-state index contributed by atoms with van der Waals surface area (Å²) in [7, 11) is -3.74. The number of benzene rings is 3. The lowest BCUT2D eigenvalue weighted by Crippen LogP contribution is -2.39. The summed E-state index contributed by atoms with van der Waals surface area (Å²) in [6.07, 6.45) is 2.42. The van der Waals surface area contributed by atoms with Crippen LogP contribution >= 0.6 is 0 Å². The van der Waals surface area contributed by atoms with Crippen LogP contribution in [0.2, 0.25) is 0 Å². The van der Waals surface area contributed by atoms with Gasteiger partial charge in [0.2, 0.25) is 15.9 Å². The van der Waals surface area contributed by atoms with E-state index in [4.69, 9.17) is 5.14 Å². The molecule has 0 radical (unpaired) electrons. The van der Waals surface area contributed by atoms with Crippen molar-refractivity contribution < 1.29 is 13.2 Å². The number of nitrogens with one attached hydrogen (secondary N) is 1. The molecule has 0 aliphatic carbocycles. The number of nitrogens with two attached hydrogens (primary N) is 1. The van der Waals surface area contributed by atoms with E-state index in [9.17, 15) is 13.2 Å². The Balaban J connectivity index is 1.25. The van der Waals surface area contributed by atoms with Crippen molar-refractivity contribution in [3.05, 3.63) is 84.9 Å². The molecule has 0 spiro atoms. The first-order valence-electron chi connectivity index (χ1n) is 11.9. The molecule has 7 nitrogen and oxygen atoms in total. The molecule has 0 unspecified atom stereocenters. The van der Waals surface area contributed by atoms with Crippen molar-refractivity contribution in [2.45, 2.75) is 24.2 Å². The normalized spacial score (nSPS) is 15.0. The van der Waals surface area contributed by atoms with Gasteiger partial charge in [-0.1, -0.05) is 36.4 Å². The maximum atomic E-state index is 12.5. The van der Waals surface area contributed by atoms with Gasteiger partial charge < -0.3 is 15.1 Å². The van der Waals surface area contributed by atoms with Crippen molar-refractivity contribution >= 4 is 33.0 Å². The van der Waals surface area contributed by atoms with Gasteiger partial charge in [0.25, 0.3) is 0 Å². The van der Waals surface area contributed by atoms with Crippen LogP contribution in [0.15, 0.2) is 89.8 Å². The monoisotopic (exact) mass is 492 g/mol. The number of amides is 1. The highest BCUT2D eigenvalue weighted by molar-refractivity contribution is 7.89. The zero-order valence-corrected chi connectivity index (χ0v) is 20.5. The molecule has 3 N–H and O–H groups in total. The molecule has 0 saturated carbocycles. The fourth-order valence-electron chi connectivity index (χ4n) is 4.48. The van der Waals surface area contributed by atoms with Crippen molar-refractivity contribution in [2.24, 2.45) is 11.1 Å². The number of carbonyl (C=O) groups is 1. The van der Waals surface area contributed by atoms with Crippen LogP contribution in [0.4, 0.5) is 17.1 Å². The number of anilines is 3. The van der Waals surface area contributed by atoms with Crippen molar-refractivity contribution in [1.29, 1.82) is 0 Å². The highest BCUT2D eigenvalue weighted by atomic mass is 32.2. The van der Waals surface area contributed by atoms with Gasteiger partial charge >= 0.3 is 0 Å². The van der Waals surface area contributed by atoms with Crippen LogP contribution in [-0.2, 0) is 14.8 Å². The Morgan fingerprint density at radius 3 is 1.94 bits per heavy atom. The van der Waals surface area contributed by atoms with Crippen LogP contribution in [-0.4, -0.2) is 45.4 Å². The number of primary sulfonamides is 1. The first-order valence-corrected chi connectivity index (χ1v) is 13.5. The molecule has 8 heteroatoms. The van der Waals surface area contributed by atoms with E-state index in [1.807, 2.05) is 12.1 Å². The molecule has 0 aromatic heterocycles. The van der Waals surface area contributed by atoms with Gasteiger partial charge in [-0.3, -0.25) is 4.79 Å². The third-order valence-electron chi connectivity index (χ3n) is 6.42. The molecule has 35 heavy (non-hydrogen) atoms. The predicted molar refractivity (Wildman–Crippen MR) is 140 cm³/mol. The van der Waals surface area contributed by atoms with E-state index in [1.54, 1.807) is 12.1 Å². The summed E-state index contributed by atoms with van der Waals surface area (Å²) in [5.74, 6) is 0.292. The number of nitrogens with zero attached hydrogens (tertiary/aromatic N) is 2. The maximum Gasteiger partial charge on any atom is 0.238 e. The first-order chi connectivity index (χ1) is 16.9. The zero-order valence-electron chi connectivity index (χ0n) is 19.7. The molecule has 3 aromatic rings. The Morgan fingerprint density at radius 1 is 0.886 bits per heavy atom. The number of carbonyl (C=O) groups excluding carboxylic acids is 1. The smallest absolute Gasteiger partial charge is 0.238 e. The van der Waals surface area contributed by atoms with E-state index in [0.29, 0.717) is 18.0 Å². The predicted octanol–water partition coefficient (Wildman–Crippen LogP) is 4.21. The van der Waals surface area contributed by atoms with Crippen LogP contribution in [0.3, 0.4) is 0 Å². The molecule has 1 aliphatic heterocycles. The number of sulfonamides is 1. The van der Waals surface area contributed by atoms with Crippen molar-refractivity contribution in [1.82, 2.24) is 4.90 Å². The summed E-state index contributed by atoms with van der Waals surface area (Å²) < 4.78 is 22.7. The fraction of sp³-hybridized carbons (Fsp3) is 0.296. The molecule has 184 valence electrons. The highest BCUT2D eigenvalue weighted by Gasteiger charge is 2.22. The number of rotatable bonds is 9. The second-order valence-electron chi connectivity index (χ2n) is 8.93. The summed E-state index contributed by atoms with van der Waals surface area (Å²) >= 11 is 0. The lowest BCUT2D eigenvalue weighted by Gasteiger charge is -2.34. The van der Waals surface area contributed by atoms with Crippen molar-refractivity contribution in [2.75, 3.05) is 36.4 Å². The van der Waals surface area contributed by atoms with Gasteiger partial charge in [0, 0.05) is 36.6 Å². The van der Waals surface area contributed by atoms with E-state index in [2.05, 4.69) is 63.6 Å². The molecule has 1 aliphatic rings. The summed E-state index contributed by atoms with van der Waals surface area (Å²) in [4.78, 5) is 17.3. The summed E-state index contributed by atoms with van der Waals surface area (Å²) in [5.41, 5.74) is 2.94. The van der Waals surface area contributed by atoms with Crippen LogP contribution in [0, 0.1) is 5.92 Å². The Kier molecular flexibility index (Phi) is 8.17. The maximum absolute atomic E-state index is 12.5. The molecular weight excluding hydrogens is 460 g/mol. The molecule has 1 fully saturated rings. The van der Waals surface area contributed by atoms with E-state index in [1.165, 1.54) is 23.5 Å². The van der Waals surface area contributed by atoms with Gasteiger partial charge in [-0.25, -0.2) is 13.6 Å². The van der Waals surface area contributed by atoms with Crippen LogP contribution < -0.4 is 15.4 Å². The molecular formula is C27H32N4O3S. The number of hydrogen-bond acceptors (Lipinski definition) is 5. The summed E-state index contributed by atoms with van der Waals surface area (Å²) in [6, 6.07) is 26.8. The van der Waals surface area contributed by atoms with E-state index < -0.39 is 10.0 Å². The Labute approximate surface area is 207 Å².